The molecule has 1 aliphatic rings. The zero-order valence-corrected chi connectivity index (χ0v) is 16.0. The van der Waals surface area contributed by atoms with Gasteiger partial charge in [0.05, 0.1) is 11.0 Å². The standard InChI is InChI=1S/C21H22N4O3/c1-12-10-16(12)20(27)22-14-6-4-13(5-7-14)19(26)23-15-8-9-17-18(11-15)25(3)21(28)24(17)2/h4-9,11-12,16H,10H2,1-3H3,(H,22,27)(H,23,26)/t12-,16+/m0/s1. The minimum absolute atomic E-state index is 0.0338. The van der Waals surface area contributed by atoms with E-state index in [1.165, 1.54) is 0 Å². The van der Waals surface area contributed by atoms with Gasteiger partial charge in [-0.1, -0.05) is 6.92 Å². The van der Waals surface area contributed by atoms with Crippen molar-refractivity contribution in [3.05, 3.63) is 58.5 Å². The van der Waals surface area contributed by atoms with Gasteiger partial charge in [0.1, 0.15) is 0 Å². The van der Waals surface area contributed by atoms with Gasteiger partial charge in [0, 0.05) is 37.0 Å². The van der Waals surface area contributed by atoms with E-state index in [1.807, 2.05) is 6.07 Å². The van der Waals surface area contributed by atoms with Gasteiger partial charge in [-0.05, 0) is 54.8 Å². The van der Waals surface area contributed by atoms with Gasteiger partial charge in [-0.3, -0.25) is 18.7 Å². The molecule has 0 saturated heterocycles. The van der Waals surface area contributed by atoms with Crippen molar-refractivity contribution in [3.8, 4) is 0 Å². The van der Waals surface area contributed by atoms with E-state index in [2.05, 4.69) is 17.6 Å². The van der Waals surface area contributed by atoms with Crippen LogP contribution in [0.5, 0.6) is 0 Å². The van der Waals surface area contributed by atoms with Gasteiger partial charge in [0.2, 0.25) is 5.91 Å². The second-order valence-electron chi connectivity index (χ2n) is 7.44. The minimum Gasteiger partial charge on any atom is -0.326 e. The molecule has 0 spiro atoms. The van der Waals surface area contributed by atoms with Crippen LogP contribution in [-0.4, -0.2) is 20.9 Å². The summed E-state index contributed by atoms with van der Waals surface area (Å²) >= 11 is 0. The number of hydrogen-bond acceptors (Lipinski definition) is 3. The SMILES string of the molecule is C[C@H]1C[C@H]1C(=O)Nc1ccc(C(=O)Nc2ccc3c(c2)n(C)c(=O)n3C)cc1. The number of amides is 2. The molecule has 4 rings (SSSR count). The molecule has 0 radical (unpaired) electrons. The molecular weight excluding hydrogens is 356 g/mol. The van der Waals surface area contributed by atoms with Crippen LogP contribution >= 0.6 is 0 Å². The van der Waals surface area contributed by atoms with Crippen molar-refractivity contribution in [1.29, 1.82) is 0 Å². The van der Waals surface area contributed by atoms with Crippen molar-refractivity contribution in [2.75, 3.05) is 10.6 Å². The molecule has 2 atom stereocenters. The Morgan fingerprint density at radius 1 is 0.929 bits per heavy atom. The summed E-state index contributed by atoms with van der Waals surface area (Å²) in [6, 6.07) is 12.2. The highest BCUT2D eigenvalue weighted by Gasteiger charge is 2.39. The lowest BCUT2D eigenvalue weighted by atomic mass is 10.1. The zero-order valence-electron chi connectivity index (χ0n) is 16.0. The highest BCUT2D eigenvalue weighted by atomic mass is 16.2. The van der Waals surface area contributed by atoms with Crippen molar-refractivity contribution in [3.63, 3.8) is 0 Å². The number of fused-ring (bicyclic) bond motifs is 1. The van der Waals surface area contributed by atoms with Crippen LogP contribution in [0, 0.1) is 11.8 Å². The number of nitrogens with one attached hydrogen (secondary N) is 2. The molecule has 0 unspecified atom stereocenters. The number of benzene rings is 2. The summed E-state index contributed by atoms with van der Waals surface area (Å²) in [4.78, 5) is 36.5. The van der Waals surface area contributed by atoms with E-state index in [1.54, 1.807) is 59.6 Å². The highest BCUT2D eigenvalue weighted by Crippen LogP contribution is 2.38. The summed E-state index contributed by atoms with van der Waals surface area (Å²) in [5.41, 5.74) is 3.21. The van der Waals surface area contributed by atoms with E-state index in [0.717, 1.165) is 17.5 Å². The van der Waals surface area contributed by atoms with E-state index < -0.39 is 0 Å². The zero-order chi connectivity index (χ0) is 20.0. The molecule has 2 aromatic carbocycles. The summed E-state index contributed by atoms with van der Waals surface area (Å²) in [6.07, 6.45) is 0.934. The van der Waals surface area contributed by atoms with E-state index in [-0.39, 0.29) is 23.4 Å². The molecule has 1 fully saturated rings. The van der Waals surface area contributed by atoms with Gasteiger partial charge in [0.15, 0.2) is 0 Å². The number of imidazole rings is 1. The molecule has 3 aromatic rings. The maximum Gasteiger partial charge on any atom is 0.328 e. The third kappa shape index (κ3) is 3.19. The van der Waals surface area contributed by atoms with Crippen LogP contribution in [-0.2, 0) is 18.9 Å². The number of carbonyl (C=O) groups excluding carboxylic acids is 2. The molecule has 1 aliphatic carbocycles. The van der Waals surface area contributed by atoms with Gasteiger partial charge in [-0.25, -0.2) is 4.79 Å². The molecule has 1 aromatic heterocycles. The van der Waals surface area contributed by atoms with Crippen molar-refractivity contribution in [2.24, 2.45) is 25.9 Å². The van der Waals surface area contributed by atoms with Crippen molar-refractivity contribution in [1.82, 2.24) is 9.13 Å². The second kappa shape index (κ2) is 6.67. The lowest BCUT2D eigenvalue weighted by molar-refractivity contribution is -0.117. The van der Waals surface area contributed by atoms with Crippen LogP contribution in [0.4, 0.5) is 11.4 Å². The Morgan fingerprint density at radius 3 is 2.18 bits per heavy atom. The van der Waals surface area contributed by atoms with Gasteiger partial charge in [-0.2, -0.15) is 0 Å². The first kappa shape index (κ1) is 18.0. The van der Waals surface area contributed by atoms with Gasteiger partial charge in [0.25, 0.3) is 5.91 Å². The smallest absolute Gasteiger partial charge is 0.326 e. The van der Waals surface area contributed by atoms with Gasteiger partial charge >= 0.3 is 5.69 Å². The first-order valence-electron chi connectivity index (χ1n) is 9.23. The Hall–Kier alpha value is -3.35. The molecule has 2 amide bonds. The number of aryl methyl sites for hydroxylation is 2. The maximum atomic E-state index is 12.5. The second-order valence-corrected chi connectivity index (χ2v) is 7.44. The number of hydrogen-bond donors (Lipinski definition) is 2. The molecule has 144 valence electrons. The molecule has 0 bridgehead atoms. The van der Waals surface area contributed by atoms with Crippen LogP contribution in [0.3, 0.4) is 0 Å². The molecule has 0 aliphatic heterocycles. The highest BCUT2D eigenvalue weighted by molar-refractivity contribution is 6.05. The van der Waals surface area contributed by atoms with Gasteiger partial charge in [-0.15, -0.1) is 0 Å². The van der Waals surface area contributed by atoms with Crippen LogP contribution in [0.1, 0.15) is 23.7 Å². The molecule has 2 N–H and O–H groups in total. The monoisotopic (exact) mass is 378 g/mol. The summed E-state index contributed by atoms with van der Waals surface area (Å²) in [6.45, 7) is 2.06. The molecule has 1 heterocycles. The third-order valence-corrected chi connectivity index (χ3v) is 5.39. The Labute approximate surface area is 162 Å². The average molecular weight is 378 g/mol. The average Bonchev–Trinajstić information content (AvgIpc) is 3.39. The molecule has 28 heavy (non-hydrogen) atoms. The van der Waals surface area contributed by atoms with Gasteiger partial charge < -0.3 is 10.6 Å². The number of carbonyl (C=O) groups is 2. The number of rotatable bonds is 4. The van der Waals surface area contributed by atoms with Crippen LogP contribution in [0.15, 0.2) is 47.3 Å². The van der Waals surface area contributed by atoms with Crippen molar-refractivity contribution < 1.29 is 9.59 Å². The van der Waals surface area contributed by atoms with Crippen LogP contribution in [0.25, 0.3) is 11.0 Å². The maximum absolute atomic E-state index is 12.5. The fourth-order valence-corrected chi connectivity index (χ4v) is 3.42. The minimum atomic E-state index is -0.256. The third-order valence-electron chi connectivity index (χ3n) is 5.39. The predicted molar refractivity (Wildman–Crippen MR) is 108 cm³/mol. The molecule has 7 heteroatoms. The normalized spacial score (nSPS) is 18.1. The van der Waals surface area contributed by atoms with Crippen LogP contribution < -0.4 is 16.3 Å². The predicted octanol–water partition coefficient (Wildman–Crippen LogP) is 2.72. The lowest BCUT2D eigenvalue weighted by Crippen LogP contribution is -2.19. The Bertz CT molecular complexity index is 1140. The van der Waals surface area contributed by atoms with E-state index >= 15 is 0 Å². The summed E-state index contributed by atoms with van der Waals surface area (Å²) < 4.78 is 3.11. The fourth-order valence-electron chi connectivity index (χ4n) is 3.42. The summed E-state index contributed by atoms with van der Waals surface area (Å²) in [5, 5.41) is 5.73. The van der Waals surface area contributed by atoms with Crippen molar-refractivity contribution in [2.45, 2.75) is 13.3 Å². The first-order valence-corrected chi connectivity index (χ1v) is 9.23. The Kier molecular flexibility index (Phi) is 4.30. The fraction of sp³-hybridized carbons (Fsp3) is 0.286. The first-order chi connectivity index (χ1) is 13.3. The van der Waals surface area contributed by atoms with E-state index in [9.17, 15) is 14.4 Å². The largest absolute Gasteiger partial charge is 0.328 e. The van der Waals surface area contributed by atoms with Crippen molar-refractivity contribution >= 4 is 34.2 Å². The topological polar surface area (TPSA) is 85.1 Å². The number of aromatic nitrogens is 2. The lowest BCUT2D eigenvalue weighted by Gasteiger charge is -2.08. The number of nitrogens with zero attached hydrogens (tertiary/aromatic N) is 2. The molecular formula is C21H22N4O3. The number of anilines is 2. The van der Waals surface area contributed by atoms with E-state index in [4.69, 9.17) is 0 Å². The summed E-state index contributed by atoms with van der Waals surface area (Å²) in [5.74, 6) is 0.332. The Morgan fingerprint density at radius 2 is 1.54 bits per heavy atom. The quantitative estimate of drug-likeness (QED) is 0.732. The Balaban J connectivity index is 1.47. The van der Waals surface area contributed by atoms with Crippen LogP contribution in [0.2, 0.25) is 0 Å². The molecule has 7 nitrogen and oxygen atoms in total. The summed E-state index contributed by atoms with van der Waals surface area (Å²) in [7, 11) is 3.42. The molecule has 1 saturated carbocycles. The van der Waals surface area contributed by atoms with E-state index in [0.29, 0.717) is 22.9 Å².